The van der Waals surface area contributed by atoms with E-state index >= 15 is 0 Å². The monoisotopic (exact) mass is 403 g/mol. The third kappa shape index (κ3) is 4.02. The Kier molecular flexibility index (Phi) is 5.21. The summed E-state index contributed by atoms with van der Waals surface area (Å²) in [4.78, 5) is 23.6. The van der Waals surface area contributed by atoms with Crippen molar-refractivity contribution >= 4 is 40.1 Å². The lowest BCUT2D eigenvalue weighted by molar-refractivity contribution is -0.0587. The molecule has 0 saturated carbocycles. The molecule has 1 aliphatic heterocycles. The molecule has 0 aliphatic carbocycles. The van der Waals surface area contributed by atoms with E-state index in [1.54, 1.807) is 0 Å². The van der Waals surface area contributed by atoms with Crippen LogP contribution in [0.3, 0.4) is 0 Å². The normalized spacial score (nSPS) is 20.3. The number of ether oxygens (including phenoxy) is 1. The van der Waals surface area contributed by atoms with Gasteiger partial charge in [-0.05, 0) is 32.4 Å². The lowest BCUT2D eigenvalue weighted by Gasteiger charge is -2.34. The maximum absolute atomic E-state index is 12.7. The second-order valence-corrected chi connectivity index (χ2v) is 8.65. The lowest BCUT2D eigenvalue weighted by atomic mass is 10.2. The number of nitrogens with zero attached hydrogens (tertiary/aromatic N) is 3. The third-order valence-corrected chi connectivity index (χ3v) is 6.27. The standard InChI is InChI=1S/C19H21N3O3S2/c1-11-5-4-6-15-17(11)21-19(25-15)27-10-16-20-14(9-26-16)18(23)22-7-12(2)24-13(3)8-22/h4-6,9,12-13H,7-8,10H2,1-3H3/t12-,13-/m0/s1. The fraction of sp³-hybridized carbons (Fsp3) is 0.421. The zero-order valence-corrected chi connectivity index (χ0v) is 17.1. The summed E-state index contributed by atoms with van der Waals surface area (Å²) in [5.74, 6) is 0.599. The predicted octanol–water partition coefficient (Wildman–Crippen LogP) is 4.13. The van der Waals surface area contributed by atoms with Crippen LogP contribution in [0.15, 0.2) is 33.2 Å². The molecular weight excluding hydrogens is 382 g/mol. The molecule has 0 unspecified atom stereocenters. The number of fused-ring (bicyclic) bond motifs is 1. The van der Waals surface area contributed by atoms with Crippen LogP contribution in [-0.2, 0) is 10.5 Å². The molecule has 1 saturated heterocycles. The average Bonchev–Trinajstić information content (AvgIpc) is 3.26. The van der Waals surface area contributed by atoms with Gasteiger partial charge in [0.15, 0.2) is 5.58 Å². The molecule has 0 N–H and O–H groups in total. The topological polar surface area (TPSA) is 68.5 Å². The van der Waals surface area contributed by atoms with Gasteiger partial charge >= 0.3 is 0 Å². The van der Waals surface area contributed by atoms with Gasteiger partial charge in [0.1, 0.15) is 16.2 Å². The van der Waals surface area contributed by atoms with E-state index < -0.39 is 0 Å². The van der Waals surface area contributed by atoms with E-state index in [4.69, 9.17) is 9.15 Å². The zero-order chi connectivity index (χ0) is 19.0. The van der Waals surface area contributed by atoms with Crippen molar-refractivity contribution in [2.24, 2.45) is 0 Å². The molecule has 0 radical (unpaired) electrons. The van der Waals surface area contributed by atoms with Gasteiger partial charge in [-0.15, -0.1) is 11.3 Å². The van der Waals surface area contributed by atoms with Crippen molar-refractivity contribution in [3.05, 3.63) is 39.8 Å². The summed E-state index contributed by atoms with van der Waals surface area (Å²) in [5.41, 5.74) is 3.29. The number of hydrogen-bond acceptors (Lipinski definition) is 7. The number of thioether (sulfide) groups is 1. The molecule has 3 aromatic rings. The molecular formula is C19H21N3O3S2. The van der Waals surface area contributed by atoms with Crippen molar-refractivity contribution in [2.45, 2.75) is 44.0 Å². The van der Waals surface area contributed by atoms with Gasteiger partial charge in [0.2, 0.25) is 0 Å². The Morgan fingerprint density at radius 3 is 2.81 bits per heavy atom. The summed E-state index contributed by atoms with van der Waals surface area (Å²) < 4.78 is 11.5. The van der Waals surface area contributed by atoms with Crippen molar-refractivity contribution in [2.75, 3.05) is 13.1 Å². The van der Waals surface area contributed by atoms with Crippen molar-refractivity contribution in [1.82, 2.24) is 14.9 Å². The third-order valence-electron chi connectivity index (χ3n) is 4.40. The van der Waals surface area contributed by atoms with Crippen LogP contribution in [0.2, 0.25) is 0 Å². The van der Waals surface area contributed by atoms with Gasteiger partial charge in [0.05, 0.1) is 18.0 Å². The number of hydrogen-bond donors (Lipinski definition) is 0. The maximum Gasteiger partial charge on any atom is 0.273 e. The summed E-state index contributed by atoms with van der Waals surface area (Å²) in [5, 5.41) is 3.34. The first-order valence-corrected chi connectivity index (χ1v) is 10.7. The smallest absolute Gasteiger partial charge is 0.273 e. The van der Waals surface area contributed by atoms with E-state index in [0.717, 1.165) is 21.7 Å². The molecule has 0 spiro atoms. The minimum Gasteiger partial charge on any atom is -0.431 e. The van der Waals surface area contributed by atoms with Crippen LogP contribution in [0.1, 0.15) is 34.9 Å². The molecule has 1 fully saturated rings. The van der Waals surface area contributed by atoms with Gasteiger partial charge in [-0.1, -0.05) is 23.9 Å². The van der Waals surface area contributed by atoms with Crippen molar-refractivity contribution in [1.29, 1.82) is 0 Å². The Hall–Kier alpha value is -1.90. The molecule has 27 heavy (non-hydrogen) atoms. The molecule has 8 heteroatoms. The van der Waals surface area contributed by atoms with Gasteiger partial charge in [0, 0.05) is 18.5 Å². The maximum atomic E-state index is 12.7. The predicted molar refractivity (Wildman–Crippen MR) is 106 cm³/mol. The van der Waals surface area contributed by atoms with Gasteiger partial charge in [-0.3, -0.25) is 4.79 Å². The minimum absolute atomic E-state index is 0.0259. The second kappa shape index (κ2) is 7.61. The number of carbonyl (C=O) groups excluding carboxylic acids is 1. The SMILES string of the molecule is Cc1cccc2oc(SCc3nc(C(=O)N4C[C@H](C)O[C@@H](C)C4)cs3)nc12. The van der Waals surface area contributed by atoms with Crippen molar-refractivity contribution in [3.8, 4) is 0 Å². The van der Waals surface area contributed by atoms with Crippen LogP contribution in [-0.4, -0.2) is 46.1 Å². The summed E-state index contributed by atoms with van der Waals surface area (Å²) in [6.45, 7) is 7.20. The van der Waals surface area contributed by atoms with Crippen LogP contribution in [0.4, 0.5) is 0 Å². The van der Waals surface area contributed by atoms with E-state index in [1.807, 2.05) is 49.3 Å². The first kappa shape index (κ1) is 18.5. The van der Waals surface area contributed by atoms with E-state index in [0.29, 0.717) is 29.8 Å². The van der Waals surface area contributed by atoms with E-state index in [1.165, 1.54) is 23.1 Å². The minimum atomic E-state index is -0.0259. The van der Waals surface area contributed by atoms with Crippen molar-refractivity contribution < 1.29 is 13.9 Å². The number of morpholine rings is 1. The van der Waals surface area contributed by atoms with Gasteiger partial charge in [-0.25, -0.2) is 9.97 Å². The molecule has 2 aromatic heterocycles. The number of benzene rings is 1. The Bertz CT molecular complexity index is 958. The highest BCUT2D eigenvalue weighted by Crippen LogP contribution is 2.28. The number of oxazole rings is 1. The fourth-order valence-corrected chi connectivity index (χ4v) is 4.85. The van der Waals surface area contributed by atoms with Crippen LogP contribution in [0.5, 0.6) is 0 Å². The summed E-state index contributed by atoms with van der Waals surface area (Å²) >= 11 is 2.99. The summed E-state index contributed by atoms with van der Waals surface area (Å²) in [6.07, 6.45) is 0.1000. The van der Waals surface area contributed by atoms with Crippen LogP contribution in [0, 0.1) is 6.92 Å². The quantitative estimate of drug-likeness (QED) is 0.610. The average molecular weight is 404 g/mol. The van der Waals surface area contributed by atoms with Gasteiger partial charge < -0.3 is 14.1 Å². The van der Waals surface area contributed by atoms with Crippen LogP contribution >= 0.6 is 23.1 Å². The van der Waals surface area contributed by atoms with Crippen molar-refractivity contribution in [3.63, 3.8) is 0 Å². The molecule has 1 aliphatic rings. The highest BCUT2D eigenvalue weighted by atomic mass is 32.2. The summed E-state index contributed by atoms with van der Waals surface area (Å²) in [6, 6.07) is 5.90. The molecule has 0 bridgehead atoms. The lowest BCUT2D eigenvalue weighted by Crippen LogP contribution is -2.48. The number of para-hydroxylation sites is 1. The van der Waals surface area contributed by atoms with Gasteiger partial charge in [-0.2, -0.15) is 0 Å². The molecule has 6 nitrogen and oxygen atoms in total. The Labute approximate surface area is 165 Å². The number of carbonyl (C=O) groups is 1. The second-order valence-electron chi connectivity index (χ2n) is 6.78. The molecule has 4 rings (SSSR count). The number of thiazole rings is 1. The molecule has 3 heterocycles. The molecule has 2 atom stereocenters. The first-order valence-electron chi connectivity index (χ1n) is 8.87. The Morgan fingerprint density at radius 1 is 1.30 bits per heavy atom. The van der Waals surface area contributed by atoms with E-state index in [-0.39, 0.29) is 18.1 Å². The van der Waals surface area contributed by atoms with Crippen LogP contribution in [0.25, 0.3) is 11.1 Å². The summed E-state index contributed by atoms with van der Waals surface area (Å²) in [7, 11) is 0. The highest BCUT2D eigenvalue weighted by molar-refractivity contribution is 7.98. The number of amides is 1. The number of aromatic nitrogens is 2. The van der Waals surface area contributed by atoms with E-state index in [2.05, 4.69) is 9.97 Å². The number of aryl methyl sites for hydroxylation is 1. The molecule has 142 valence electrons. The van der Waals surface area contributed by atoms with E-state index in [9.17, 15) is 4.79 Å². The fourth-order valence-electron chi connectivity index (χ4n) is 3.23. The van der Waals surface area contributed by atoms with Gasteiger partial charge in [0.25, 0.3) is 11.1 Å². The highest BCUT2D eigenvalue weighted by Gasteiger charge is 2.27. The largest absolute Gasteiger partial charge is 0.431 e. The molecule has 1 amide bonds. The molecule has 1 aromatic carbocycles. The van der Waals surface area contributed by atoms with Crippen LogP contribution < -0.4 is 0 Å². The number of rotatable bonds is 4. The zero-order valence-electron chi connectivity index (χ0n) is 15.5. The Balaban J connectivity index is 1.41. The first-order chi connectivity index (χ1) is 13.0. The Morgan fingerprint density at radius 2 is 2.07 bits per heavy atom.